The molecule has 0 amide bonds. The van der Waals surface area contributed by atoms with Crippen LogP contribution in [0.4, 0.5) is 0 Å². The first-order chi connectivity index (χ1) is 7.09. The quantitative estimate of drug-likeness (QED) is 0.828. The second kappa shape index (κ2) is 7.18. The van der Waals surface area contributed by atoms with Gasteiger partial charge < -0.3 is 5.73 Å². The van der Waals surface area contributed by atoms with Gasteiger partial charge in [-0.3, -0.25) is 4.79 Å². The molecule has 2 N–H and O–H groups in total. The van der Waals surface area contributed by atoms with Crippen LogP contribution in [-0.2, 0) is 4.79 Å². The smallest absolute Gasteiger partial charge is 0.131 e. The minimum absolute atomic E-state index is 0.132. The summed E-state index contributed by atoms with van der Waals surface area (Å²) >= 11 is 0. The Balaban J connectivity index is 0.000000921. The number of benzene rings is 1. The molecule has 0 spiro atoms. The summed E-state index contributed by atoms with van der Waals surface area (Å²) in [5, 5.41) is 0. The molecular weight excluding hydrogens is 186 g/mol. The SMILES string of the molecule is CC.CC(=O)CC(N)c1ccc(C)cc1. The Morgan fingerprint density at radius 1 is 1.27 bits per heavy atom. The average molecular weight is 207 g/mol. The fourth-order valence-corrected chi connectivity index (χ4v) is 1.24. The summed E-state index contributed by atoms with van der Waals surface area (Å²) in [7, 11) is 0. The number of aryl methyl sites for hydroxylation is 1. The maximum absolute atomic E-state index is 10.8. The van der Waals surface area contributed by atoms with Crippen LogP contribution in [0.5, 0.6) is 0 Å². The fraction of sp³-hybridized carbons (Fsp3) is 0.462. The summed E-state index contributed by atoms with van der Waals surface area (Å²) in [5.41, 5.74) is 8.06. The van der Waals surface area contributed by atoms with Crippen LogP contribution in [0.2, 0.25) is 0 Å². The molecule has 0 radical (unpaired) electrons. The van der Waals surface area contributed by atoms with Gasteiger partial charge in [0.2, 0.25) is 0 Å². The lowest BCUT2D eigenvalue weighted by atomic mass is 10.0. The second-order valence-corrected chi connectivity index (χ2v) is 3.42. The number of Topliss-reactive ketones (excluding diaryl/α,β-unsaturated/α-hetero) is 1. The third-order valence-corrected chi connectivity index (χ3v) is 2.01. The van der Waals surface area contributed by atoms with Crippen LogP contribution in [0, 0.1) is 6.92 Å². The maximum atomic E-state index is 10.8. The van der Waals surface area contributed by atoms with Gasteiger partial charge in [-0.25, -0.2) is 0 Å². The molecule has 1 rings (SSSR count). The zero-order valence-corrected chi connectivity index (χ0v) is 10.1. The average Bonchev–Trinajstić information content (AvgIpc) is 2.20. The molecule has 84 valence electrons. The van der Waals surface area contributed by atoms with Crippen molar-refractivity contribution in [1.82, 2.24) is 0 Å². The van der Waals surface area contributed by atoms with Gasteiger partial charge in [-0.2, -0.15) is 0 Å². The minimum atomic E-state index is -0.155. The lowest BCUT2D eigenvalue weighted by molar-refractivity contribution is -0.117. The van der Waals surface area contributed by atoms with Crippen LogP contribution >= 0.6 is 0 Å². The van der Waals surface area contributed by atoms with Crippen LogP contribution in [0.25, 0.3) is 0 Å². The summed E-state index contributed by atoms with van der Waals surface area (Å²) < 4.78 is 0. The van der Waals surface area contributed by atoms with E-state index >= 15 is 0 Å². The van der Waals surface area contributed by atoms with E-state index in [9.17, 15) is 4.79 Å². The molecule has 0 aliphatic carbocycles. The fourth-order valence-electron chi connectivity index (χ4n) is 1.24. The highest BCUT2D eigenvalue weighted by Crippen LogP contribution is 2.14. The van der Waals surface area contributed by atoms with Gasteiger partial charge in [0.15, 0.2) is 0 Å². The van der Waals surface area contributed by atoms with E-state index in [0.717, 1.165) is 5.56 Å². The van der Waals surface area contributed by atoms with E-state index in [4.69, 9.17) is 5.73 Å². The Morgan fingerprint density at radius 3 is 2.13 bits per heavy atom. The topological polar surface area (TPSA) is 43.1 Å². The summed E-state index contributed by atoms with van der Waals surface area (Å²) in [6, 6.07) is 7.81. The van der Waals surface area contributed by atoms with E-state index in [1.165, 1.54) is 5.56 Å². The molecule has 0 aliphatic rings. The molecule has 1 aromatic carbocycles. The number of hydrogen-bond donors (Lipinski definition) is 1. The monoisotopic (exact) mass is 207 g/mol. The van der Waals surface area contributed by atoms with Gasteiger partial charge in [0.05, 0.1) is 0 Å². The van der Waals surface area contributed by atoms with Crippen molar-refractivity contribution in [3.8, 4) is 0 Å². The van der Waals surface area contributed by atoms with Crippen molar-refractivity contribution in [3.05, 3.63) is 35.4 Å². The standard InChI is InChI=1S/C11H15NO.C2H6/c1-8-3-5-10(6-4-8)11(12)7-9(2)13;1-2/h3-6,11H,7,12H2,1-2H3;1-2H3. The normalized spacial score (nSPS) is 11.3. The van der Waals surface area contributed by atoms with Crippen LogP contribution in [0.15, 0.2) is 24.3 Å². The number of nitrogens with two attached hydrogens (primary N) is 1. The number of rotatable bonds is 3. The first kappa shape index (κ1) is 13.8. The van der Waals surface area contributed by atoms with Crippen molar-refractivity contribution in [1.29, 1.82) is 0 Å². The Morgan fingerprint density at radius 2 is 1.73 bits per heavy atom. The largest absolute Gasteiger partial charge is 0.324 e. The molecule has 15 heavy (non-hydrogen) atoms. The third kappa shape index (κ3) is 5.33. The van der Waals surface area contributed by atoms with Gasteiger partial charge in [0, 0.05) is 12.5 Å². The van der Waals surface area contributed by atoms with Gasteiger partial charge in [0.1, 0.15) is 5.78 Å². The molecule has 2 heteroatoms. The van der Waals surface area contributed by atoms with Gasteiger partial charge in [-0.05, 0) is 19.4 Å². The molecule has 0 fully saturated rings. The zero-order chi connectivity index (χ0) is 11.8. The van der Waals surface area contributed by atoms with E-state index in [1.54, 1.807) is 6.92 Å². The molecule has 0 aromatic heterocycles. The number of carbonyl (C=O) groups is 1. The number of hydrogen-bond acceptors (Lipinski definition) is 2. The highest BCUT2D eigenvalue weighted by molar-refractivity contribution is 5.76. The molecule has 1 unspecified atom stereocenters. The van der Waals surface area contributed by atoms with Gasteiger partial charge >= 0.3 is 0 Å². The molecule has 0 bridgehead atoms. The highest BCUT2D eigenvalue weighted by Gasteiger charge is 2.07. The summed E-state index contributed by atoms with van der Waals surface area (Å²) in [6.07, 6.45) is 0.420. The Kier molecular flexibility index (Phi) is 6.63. The molecule has 1 atom stereocenters. The molecule has 1 aromatic rings. The van der Waals surface area contributed by atoms with Gasteiger partial charge in [-0.15, -0.1) is 0 Å². The molecular formula is C13H21NO. The van der Waals surface area contributed by atoms with Crippen molar-refractivity contribution in [2.45, 2.75) is 40.2 Å². The van der Waals surface area contributed by atoms with E-state index in [1.807, 2.05) is 45.0 Å². The van der Waals surface area contributed by atoms with Crippen LogP contribution in [0.1, 0.15) is 44.4 Å². The summed E-state index contributed by atoms with van der Waals surface area (Å²) in [4.78, 5) is 10.8. The Hall–Kier alpha value is -1.15. The van der Waals surface area contributed by atoms with Crippen molar-refractivity contribution in [2.75, 3.05) is 0 Å². The zero-order valence-electron chi connectivity index (χ0n) is 10.1. The van der Waals surface area contributed by atoms with Crippen molar-refractivity contribution in [3.63, 3.8) is 0 Å². The van der Waals surface area contributed by atoms with E-state index in [-0.39, 0.29) is 11.8 Å². The molecule has 0 heterocycles. The van der Waals surface area contributed by atoms with E-state index < -0.39 is 0 Å². The second-order valence-electron chi connectivity index (χ2n) is 3.42. The van der Waals surface area contributed by atoms with Crippen LogP contribution < -0.4 is 5.73 Å². The summed E-state index contributed by atoms with van der Waals surface area (Å²) in [5.74, 6) is 0.132. The van der Waals surface area contributed by atoms with E-state index in [2.05, 4.69) is 0 Å². The Bertz CT molecular complexity index is 290. The maximum Gasteiger partial charge on any atom is 0.131 e. The number of ketones is 1. The first-order valence-corrected chi connectivity index (χ1v) is 5.41. The highest BCUT2D eigenvalue weighted by atomic mass is 16.1. The Labute approximate surface area is 92.5 Å². The third-order valence-electron chi connectivity index (χ3n) is 2.01. The lowest BCUT2D eigenvalue weighted by Crippen LogP contribution is -2.13. The van der Waals surface area contributed by atoms with Gasteiger partial charge in [-0.1, -0.05) is 43.7 Å². The molecule has 2 nitrogen and oxygen atoms in total. The number of carbonyl (C=O) groups excluding carboxylic acids is 1. The first-order valence-electron chi connectivity index (χ1n) is 5.41. The van der Waals surface area contributed by atoms with Crippen LogP contribution in [0.3, 0.4) is 0 Å². The summed E-state index contributed by atoms with van der Waals surface area (Å²) in [6.45, 7) is 7.59. The predicted molar refractivity (Wildman–Crippen MR) is 64.8 cm³/mol. The van der Waals surface area contributed by atoms with E-state index in [0.29, 0.717) is 6.42 Å². The van der Waals surface area contributed by atoms with Crippen molar-refractivity contribution >= 4 is 5.78 Å². The molecule has 0 saturated carbocycles. The minimum Gasteiger partial charge on any atom is -0.324 e. The van der Waals surface area contributed by atoms with Crippen LogP contribution in [-0.4, -0.2) is 5.78 Å². The lowest BCUT2D eigenvalue weighted by Gasteiger charge is -2.09. The molecule has 0 aliphatic heterocycles. The van der Waals surface area contributed by atoms with Crippen molar-refractivity contribution in [2.24, 2.45) is 5.73 Å². The van der Waals surface area contributed by atoms with Gasteiger partial charge in [0.25, 0.3) is 0 Å². The van der Waals surface area contributed by atoms with Crippen molar-refractivity contribution < 1.29 is 4.79 Å². The molecule has 0 saturated heterocycles. The predicted octanol–water partition coefficient (Wildman–Crippen LogP) is 3.00.